The Morgan fingerprint density at radius 1 is 1.13 bits per heavy atom. The van der Waals surface area contributed by atoms with E-state index in [2.05, 4.69) is 10.3 Å². The fourth-order valence-corrected chi connectivity index (χ4v) is 3.36. The molecule has 1 heterocycles. The van der Waals surface area contributed by atoms with Crippen molar-refractivity contribution in [3.05, 3.63) is 58.4 Å². The Labute approximate surface area is 178 Å². The predicted molar refractivity (Wildman–Crippen MR) is 115 cm³/mol. The highest BCUT2D eigenvalue weighted by molar-refractivity contribution is 7.09. The van der Waals surface area contributed by atoms with Crippen LogP contribution in [0.1, 0.15) is 22.3 Å². The maximum atomic E-state index is 12.3. The summed E-state index contributed by atoms with van der Waals surface area (Å²) in [6.07, 6.45) is 0. The molecule has 0 aliphatic rings. The van der Waals surface area contributed by atoms with Crippen LogP contribution in [0.3, 0.4) is 0 Å². The Morgan fingerprint density at radius 2 is 1.97 bits per heavy atom. The summed E-state index contributed by atoms with van der Waals surface area (Å²) in [4.78, 5) is 29.0. The van der Waals surface area contributed by atoms with Crippen molar-refractivity contribution >= 4 is 28.9 Å². The van der Waals surface area contributed by atoms with E-state index in [1.807, 2.05) is 37.4 Å². The van der Waals surface area contributed by atoms with E-state index in [1.54, 1.807) is 29.5 Å². The lowest BCUT2D eigenvalue weighted by atomic mass is 10.1. The SMILES string of the molecule is CCOc1cc(C(=O)OCC(=O)Nc2cccc(-c3csc(C)n3)c2)ccc1OC. The molecule has 8 heteroatoms. The van der Waals surface area contributed by atoms with Crippen molar-refractivity contribution in [3.63, 3.8) is 0 Å². The Bertz CT molecular complexity index is 1050. The first-order chi connectivity index (χ1) is 14.5. The Hall–Kier alpha value is -3.39. The van der Waals surface area contributed by atoms with Crippen molar-refractivity contribution in [2.75, 3.05) is 25.6 Å². The van der Waals surface area contributed by atoms with Gasteiger partial charge >= 0.3 is 5.97 Å². The number of carbonyl (C=O) groups is 2. The molecule has 0 radical (unpaired) electrons. The smallest absolute Gasteiger partial charge is 0.338 e. The number of carbonyl (C=O) groups excluding carboxylic acids is 2. The zero-order valence-electron chi connectivity index (χ0n) is 16.9. The third-order valence-electron chi connectivity index (χ3n) is 4.09. The lowest BCUT2D eigenvalue weighted by Gasteiger charge is -2.11. The summed E-state index contributed by atoms with van der Waals surface area (Å²) in [6, 6.07) is 12.0. The quantitative estimate of drug-likeness (QED) is 0.540. The Balaban J connectivity index is 1.59. The van der Waals surface area contributed by atoms with Crippen LogP contribution >= 0.6 is 11.3 Å². The average Bonchev–Trinajstić information content (AvgIpc) is 3.19. The van der Waals surface area contributed by atoms with E-state index >= 15 is 0 Å². The zero-order chi connectivity index (χ0) is 21.5. The molecule has 0 fully saturated rings. The average molecular weight is 426 g/mol. The van der Waals surface area contributed by atoms with Crippen molar-refractivity contribution in [2.24, 2.45) is 0 Å². The molecule has 0 aliphatic carbocycles. The summed E-state index contributed by atoms with van der Waals surface area (Å²) in [5.74, 6) is -0.108. The molecule has 7 nitrogen and oxygen atoms in total. The van der Waals surface area contributed by atoms with E-state index in [1.165, 1.54) is 13.2 Å². The minimum Gasteiger partial charge on any atom is -0.493 e. The molecule has 3 rings (SSSR count). The van der Waals surface area contributed by atoms with Crippen LogP contribution in [-0.4, -0.2) is 37.2 Å². The second-order valence-electron chi connectivity index (χ2n) is 6.26. The molecule has 0 unspecified atom stereocenters. The van der Waals surface area contributed by atoms with E-state index in [0.717, 1.165) is 16.3 Å². The third-order valence-corrected chi connectivity index (χ3v) is 4.87. The summed E-state index contributed by atoms with van der Waals surface area (Å²) >= 11 is 1.56. The first-order valence-electron chi connectivity index (χ1n) is 9.30. The van der Waals surface area contributed by atoms with Crippen LogP contribution in [0.2, 0.25) is 0 Å². The van der Waals surface area contributed by atoms with Crippen LogP contribution in [0.15, 0.2) is 47.8 Å². The number of thiazole rings is 1. The molecule has 0 saturated heterocycles. The predicted octanol–water partition coefficient (Wildman–Crippen LogP) is 4.32. The van der Waals surface area contributed by atoms with Gasteiger partial charge in [0.15, 0.2) is 18.1 Å². The maximum absolute atomic E-state index is 12.3. The summed E-state index contributed by atoms with van der Waals surface area (Å²) in [5.41, 5.74) is 2.62. The van der Waals surface area contributed by atoms with Crippen LogP contribution < -0.4 is 14.8 Å². The minimum absolute atomic E-state index is 0.271. The second kappa shape index (κ2) is 9.89. The molecule has 2 aromatic carbocycles. The molecule has 0 atom stereocenters. The number of nitrogens with zero attached hydrogens (tertiary/aromatic N) is 1. The van der Waals surface area contributed by atoms with Crippen LogP contribution in [0, 0.1) is 6.92 Å². The number of hydrogen-bond acceptors (Lipinski definition) is 7. The van der Waals surface area contributed by atoms with Crippen molar-refractivity contribution in [1.82, 2.24) is 4.98 Å². The monoisotopic (exact) mass is 426 g/mol. The third kappa shape index (κ3) is 5.36. The van der Waals surface area contributed by atoms with Crippen molar-refractivity contribution in [2.45, 2.75) is 13.8 Å². The van der Waals surface area contributed by atoms with E-state index in [0.29, 0.717) is 23.8 Å². The maximum Gasteiger partial charge on any atom is 0.338 e. The number of rotatable bonds is 8. The Morgan fingerprint density at radius 3 is 2.67 bits per heavy atom. The van der Waals surface area contributed by atoms with Gasteiger partial charge in [-0.1, -0.05) is 12.1 Å². The zero-order valence-corrected chi connectivity index (χ0v) is 17.7. The van der Waals surface area contributed by atoms with Crippen molar-refractivity contribution < 1.29 is 23.8 Å². The highest BCUT2D eigenvalue weighted by atomic mass is 32.1. The van der Waals surface area contributed by atoms with Crippen LogP contribution in [0.4, 0.5) is 5.69 Å². The van der Waals surface area contributed by atoms with E-state index < -0.39 is 18.5 Å². The normalized spacial score (nSPS) is 10.4. The van der Waals surface area contributed by atoms with E-state index in [9.17, 15) is 9.59 Å². The van der Waals surface area contributed by atoms with Gasteiger partial charge in [-0.3, -0.25) is 4.79 Å². The molecule has 1 amide bonds. The number of methoxy groups -OCH3 is 1. The summed E-state index contributed by atoms with van der Waals surface area (Å²) in [6.45, 7) is 3.79. The van der Waals surface area contributed by atoms with Gasteiger partial charge in [0.25, 0.3) is 5.91 Å². The van der Waals surface area contributed by atoms with Gasteiger partial charge in [0.2, 0.25) is 0 Å². The van der Waals surface area contributed by atoms with E-state index in [-0.39, 0.29) is 5.56 Å². The minimum atomic E-state index is -0.625. The number of hydrogen-bond donors (Lipinski definition) is 1. The topological polar surface area (TPSA) is 86.8 Å². The lowest BCUT2D eigenvalue weighted by Crippen LogP contribution is -2.21. The van der Waals surface area contributed by atoms with Gasteiger partial charge < -0.3 is 19.5 Å². The fourth-order valence-electron chi connectivity index (χ4n) is 2.74. The van der Waals surface area contributed by atoms with Gasteiger partial charge in [0.05, 0.1) is 30.0 Å². The molecule has 1 aromatic heterocycles. The molecule has 1 N–H and O–H groups in total. The van der Waals surface area contributed by atoms with Gasteiger partial charge in [-0.15, -0.1) is 11.3 Å². The molecular weight excluding hydrogens is 404 g/mol. The number of benzene rings is 2. The molecule has 0 bridgehead atoms. The van der Waals surface area contributed by atoms with Crippen LogP contribution in [-0.2, 0) is 9.53 Å². The highest BCUT2D eigenvalue weighted by Gasteiger charge is 2.14. The Kier molecular flexibility index (Phi) is 7.03. The summed E-state index contributed by atoms with van der Waals surface area (Å²) in [7, 11) is 1.52. The highest BCUT2D eigenvalue weighted by Crippen LogP contribution is 2.28. The van der Waals surface area contributed by atoms with E-state index in [4.69, 9.17) is 14.2 Å². The second-order valence-corrected chi connectivity index (χ2v) is 7.32. The lowest BCUT2D eigenvalue weighted by molar-refractivity contribution is -0.119. The van der Waals surface area contributed by atoms with Gasteiger partial charge in [-0.25, -0.2) is 9.78 Å². The number of aromatic nitrogens is 1. The van der Waals surface area contributed by atoms with Crippen LogP contribution in [0.5, 0.6) is 11.5 Å². The molecule has 30 heavy (non-hydrogen) atoms. The molecule has 0 saturated carbocycles. The number of aryl methyl sites for hydroxylation is 1. The van der Waals surface area contributed by atoms with Gasteiger partial charge in [-0.2, -0.15) is 0 Å². The van der Waals surface area contributed by atoms with Gasteiger partial charge in [0, 0.05) is 16.6 Å². The summed E-state index contributed by atoms with van der Waals surface area (Å²) < 4.78 is 15.8. The number of esters is 1. The van der Waals surface area contributed by atoms with Crippen molar-refractivity contribution in [3.8, 4) is 22.8 Å². The first kappa shape index (κ1) is 21.3. The number of nitrogens with one attached hydrogen (secondary N) is 1. The summed E-state index contributed by atoms with van der Waals surface area (Å²) in [5, 5.41) is 5.66. The molecule has 156 valence electrons. The number of amides is 1. The first-order valence-corrected chi connectivity index (χ1v) is 10.2. The number of ether oxygens (including phenoxy) is 3. The number of anilines is 1. The largest absolute Gasteiger partial charge is 0.493 e. The molecular formula is C22H22N2O5S. The molecule has 0 aliphatic heterocycles. The van der Waals surface area contributed by atoms with Crippen LogP contribution in [0.25, 0.3) is 11.3 Å². The standard InChI is InChI=1S/C22H22N2O5S/c1-4-28-20-11-16(8-9-19(20)27-3)22(26)29-12-21(25)24-17-7-5-6-15(10-17)18-13-30-14(2)23-18/h5-11,13H,4,12H2,1-3H3,(H,24,25). The fraction of sp³-hybridized carbons (Fsp3) is 0.227. The van der Waals surface area contributed by atoms with Gasteiger partial charge in [0.1, 0.15) is 0 Å². The van der Waals surface area contributed by atoms with Gasteiger partial charge in [-0.05, 0) is 44.2 Å². The van der Waals surface area contributed by atoms with Crippen molar-refractivity contribution in [1.29, 1.82) is 0 Å². The molecule has 3 aromatic rings. The molecule has 0 spiro atoms.